The summed E-state index contributed by atoms with van der Waals surface area (Å²) in [5.41, 5.74) is 2.22. The molecule has 2 amide bonds. The van der Waals surface area contributed by atoms with Crippen molar-refractivity contribution in [3.63, 3.8) is 0 Å². The van der Waals surface area contributed by atoms with Gasteiger partial charge in [-0.3, -0.25) is 4.79 Å². The maximum atomic E-state index is 11.4. The number of nitrogens with one attached hydrogen (secondary N) is 2. The van der Waals surface area contributed by atoms with E-state index in [0.29, 0.717) is 6.54 Å². The van der Waals surface area contributed by atoms with Crippen molar-refractivity contribution in [2.24, 2.45) is 0 Å². The van der Waals surface area contributed by atoms with Gasteiger partial charge in [0.1, 0.15) is 6.04 Å². The van der Waals surface area contributed by atoms with E-state index in [1.165, 1.54) is 12.5 Å². The van der Waals surface area contributed by atoms with E-state index >= 15 is 0 Å². The highest BCUT2D eigenvalue weighted by Gasteiger charge is 2.12. The standard InChI is InChI=1S/C13H18N2O3/c1-3-10-4-6-11(7-5-10)8-14-13(18)15-9(2)12(16)17/h4-7,9H,3,8H2,1-2H3,(H,16,17)(H2,14,15,18). The van der Waals surface area contributed by atoms with Gasteiger partial charge in [-0.2, -0.15) is 0 Å². The summed E-state index contributed by atoms with van der Waals surface area (Å²) in [5, 5.41) is 13.6. The zero-order valence-electron chi connectivity index (χ0n) is 10.6. The summed E-state index contributed by atoms with van der Waals surface area (Å²) in [4.78, 5) is 21.9. The molecule has 0 bridgehead atoms. The molecule has 0 aliphatic rings. The van der Waals surface area contributed by atoms with E-state index in [1.54, 1.807) is 0 Å². The van der Waals surface area contributed by atoms with E-state index in [2.05, 4.69) is 17.6 Å². The molecule has 0 radical (unpaired) electrons. The van der Waals surface area contributed by atoms with Gasteiger partial charge in [-0.25, -0.2) is 4.79 Å². The monoisotopic (exact) mass is 250 g/mol. The third kappa shape index (κ3) is 4.45. The molecule has 0 aliphatic heterocycles. The van der Waals surface area contributed by atoms with Gasteiger partial charge in [-0.1, -0.05) is 31.2 Å². The van der Waals surface area contributed by atoms with Crippen molar-refractivity contribution in [3.05, 3.63) is 35.4 Å². The Morgan fingerprint density at radius 3 is 2.28 bits per heavy atom. The molecule has 0 saturated heterocycles. The Labute approximate surface area is 106 Å². The maximum Gasteiger partial charge on any atom is 0.325 e. The van der Waals surface area contributed by atoms with Crippen molar-refractivity contribution in [3.8, 4) is 0 Å². The minimum Gasteiger partial charge on any atom is -0.480 e. The first-order valence-corrected chi connectivity index (χ1v) is 5.88. The lowest BCUT2D eigenvalue weighted by atomic mass is 10.1. The average molecular weight is 250 g/mol. The van der Waals surface area contributed by atoms with Crippen LogP contribution in [-0.2, 0) is 17.8 Å². The van der Waals surface area contributed by atoms with Crippen LogP contribution in [0.1, 0.15) is 25.0 Å². The first-order chi connectivity index (χ1) is 8.52. The lowest BCUT2D eigenvalue weighted by Gasteiger charge is -2.10. The molecule has 98 valence electrons. The molecule has 0 spiro atoms. The number of carboxylic acid groups (broad SMARTS) is 1. The molecule has 0 aliphatic carbocycles. The van der Waals surface area contributed by atoms with Crippen LogP contribution in [0.15, 0.2) is 24.3 Å². The molecule has 1 unspecified atom stereocenters. The van der Waals surface area contributed by atoms with Crippen molar-refractivity contribution in [2.45, 2.75) is 32.9 Å². The van der Waals surface area contributed by atoms with Gasteiger partial charge in [0, 0.05) is 6.54 Å². The summed E-state index contributed by atoms with van der Waals surface area (Å²) in [6.07, 6.45) is 0.977. The number of amides is 2. The van der Waals surface area contributed by atoms with Crippen LogP contribution in [0.5, 0.6) is 0 Å². The molecular weight excluding hydrogens is 232 g/mol. The third-order valence-corrected chi connectivity index (χ3v) is 2.60. The number of aryl methyl sites for hydroxylation is 1. The van der Waals surface area contributed by atoms with E-state index in [9.17, 15) is 9.59 Å². The molecular formula is C13H18N2O3. The maximum absolute atomic E-state index is 11.4. The average Bonchev–Trinajstić information content (AvgIpc) is 2.36. The van der Waals surface area contributed by atoms with Crippen LogP contribution >= 0.6 is 0 Å². The number of benzene rings is 1. The summed E-state index contributed by atoms with van der Waals surface area (Å²) in [6.45, 7) is 3.87. The molecule has 5 heteroatoms. The fourth-order valence-corrected chi connectivity index (χ4v) is 1.38. The first-order valence-electron chi connectivity index (χ1n) is 5.88. The van der Waals surface area contributed by atoms with Crippen LogP contribution in [-0.4, -0.2) is 23.1 Å². The molecule has 1 rings (SSSR count). The largest absolute Gasteiger partial charge is 0.480 e. The lowest BCUT2D eigenvalue weighted by molar-refractivity contribution is -0.138. The zero-order chi connectivity index (χ0) is 13.5. The summed E-state index contributed by atoms with van der Waals surface area (Å²) in [7, 11) is 0. The normalized spacial score (nSPS) is 11.7. The van der Waals surface area contributed by atoms with Crippen molar-refractivity contribution in [1.82, 2.24) is 10.6 Å². The number of carboxylic acids is 1. The molecule has 18 heavy (non-hydrogen) atoms. The van der Waals surface area contributed by atoms with E-state index in [1.807, 2.05) is 24.3 Å². The zero-order valence-corrected chi connectivity index (χ0v) is 10.6. The van der Waals surface area contributed by atoms with Gasteiger partial charge in [0.05, 0.1) is 0 Å². The van der Waals surface area contributed by atoms with Crippen LogP contribution in [0.25, 0.3) is 0 Å². The van der Waals surface area contributed by atoms with Crippen LogP contribution in [0.2, 0.25) is 0 Å². The predicted octanol–water partition coefficient (Wildman–Crippen LogP) is 1.52. The first kappa shape index (κ1) is 14.0. The Balaban J connectivity index is 2.40. The van der Waals surface area contributed by atoms with Gasteiger partial charge in [-0.15, -0.1) is 0 Å². The van der Waals surface area contributed by atoms with Crippen molar-refractivity contribution < 1.29 is 14.7 Å². The highest BCUT2D eigenvalue weighted by molar-refractivity contribution is 5.82. The minimum absolute atomic E-state index is 0.377. The van der Waals surface area contributed by atoms with Crippen LogP contribution < -0.4 is 10.6 Å². The third-order valence-electron chi connectivity index (χ3n) is 2.60. The van der Waals surface area contributed by atoms with E-state index in [0.717, 1.165) is 12.0 Å². The SMILES string of the molecule is CCc1ccc(CNC(=O)NC(C)C(=O)O)cc1. The Morgan fingerprint density at radius 1 is 1.22 bits per heavy atom. The van der Waals surface area contributed by atoms with Gasteiger partial charge in [0.2, 0.25) is 0 Å². The molecule has 0 aromatic heterocycles. The Morgan fingerprint density at radius 2 is 1.78 bits per heavy atom. The Hall–Kier alpha value is -2.04. The van der Waals surface area contributed by atoms with E-state index < -0.39 is 18.0 Å². The van der Waals surface area contributed by atoms with Crippen LogP contribution in [0.3, 0.4) is 0 Å². The highest BCUT2D eigenvalue weighted by atomic mass is 16.4. The van der Waals surface area contributed by atoms with E-state index in [-0.39, 0.29) is 0 Å². The fourth-order valence-electron chi connectivity index (χ4n) is 1.38. The van der Waals surface area contributed by atoms with E-state index in [4.69, 9.17) is 5.11 Å². The topological polar surface area (TPSA) is 78.4 Å². The second-order valence-electron chi connectivity index (χ2n) is 4.06. The van der Waals surface area contributed by atoms with Crippen molar-refractivity contribution in [1.29, 1.82) is 0 Å². The van der Waals surface area contributed by atoms with Crippen LogP contribution in [0.4, 0.5) is 4.79 Å². The smallest absolute Gasteiger partial charge is 0.325 e. The molecule has 5 nitrogen and oxygen atoms in total. The number of hydrogen-bond donors (Lipinski definition) is 3. The van der Waals surface area contributed by atoms with Gasteiger partial charge in [0.15, 0.2) is 0 Å². The molecule has 3 N–H and O–H groups in total. The Bertz CT molecular complexity index is 415. The van der Waals surface area contributed by atoms with Crippen molar-refractivity contribution in [2.75, 3.05) is 0 Å². The molecule has 1 aromatic carbocycles. The summed E-state index contributed by atoms with van der Waals surface area (Å²) in [5.74, 6) is -1.06. The molecule has 0 heterocycles. The molecule has 0 saturated carbocycles. The Kier molecular flexibility index (Phi) is 5.17. The fraction of sp³-hybridized carbons (Fsp3) is 0.385. The number of rotatable bonds is 5. The molecule has 1 atom stereocenters. The highest BCUT2D eigenvalue weighted by Crippen LogP contribution is 2.04. The number of carbonyl (C=O) groups excluding carboxylic acids is 1. The summed E-state index contributed by atoms with van der Waals surface area (Å²) in [6, 6.07) is 6.53. The van der Waals surface area contributed by atoms with Crippen molar-refractivity contribution >= 4 is 12.0 Å². The lowest BCUT2D eigenvalue weighted by Crippen LogP contribution is -2.44. The molecule has 1 aromatic rings. The summed E-state index contributed by atoms with van der Waals surface area (Å²) < 4.78 is 0. The summed E-state index contributed by atoms with van der Waals surface area (Å²) >= 11 is 0. The second-order valence-corrected chi connectivity index (χ2v) is 4.06. The van der Waals surface area contributed by atoms with Crippen LogP contribution in [0, 0.1) is 0 Å². The minimum atomic E-state index is -1.06. The number of hydrogen-bond acceptors (Lipinski definition) is 2. The van der Waals surface area contributed by atoms with Gasteiger partial charge < -0.3 is 15.7 Å². The number of urea groups is 1. The number of aliphatic carboxylic acids is 1. The molecule has 0 fully saturated rings. The van der Waals surface area contributed by atoms with Gasteiger partial charge >= 0.3 is 12.0 Å². The number of carbonyl (C=O) groups is 2. The quantitative estimate of drug-likeness (QED) is 0.741. The van der Waals surface area contributed by atoms with Gasteiger partial charge in [-0.05, 0) is 24.5 Å². The predicted molar refractivity (Wildman–Crippen MR) is 68.3 cm³/mol. The van der Waals surface area contributed by atoms with Gasteiger partial charge in [0.25, 0.3) is 0 Å². The second kappa shape index (κ2) is 6.64.